The molecule has 13 heavy (non-hydrogen) atoms. The van der Waals surface area contributed by atoms with Gasteiger partial charge in [-0.2, -0.15) is 0 Å². The number of rotatable bonds is 0. The van der Waals surface area contributed by atoms with Gasteiger partial charge in [-0.15, -0.1) is 10.7 Å². The van der Waals surface area contributed by atoms with Crippen LogP contribution in [0, 0.1) is 52.3 Å². The standard InChI is InChI=1S/C5H5.ClH.Cr.2HNO2/c1-2-4-5-3-1;;;2*2-1-3/h1-5H;1H;;2*(H,2,3)/q;;+3;;/p-3. The van der Waals surface area contributed by atoms with Gasteiger partial charge in [0.2, 0.25) is 0 Å². The van der Waals surface area contributed by atoms with Crippen LogP contribution in [0.4, 0.5) is 0 Å². The van der Waals surface area contributed by atoms with Crippen LogP contribution in [0.3, 0.4) is 0 Å². The number of halogens is 1. The van der Waals surface area contributed by atoms with Crippen molar-refractivity contribution in [1.82, 2.24) is 0 Å². The molecule has 0 amide bonds. The molecular formula is C5H5ClCrN2O4. The van der Waals surface area contributed by atoms with Crippen molar-refractivity contribution < 1.29 is 29.8 Å². The Labute approximate surface area is 93.1 Å². The Morgan fingerprint density at radius 3 is 0.923 bits per heavy atom. The van der Waals surface area contributed by atoms with E-state index in [1.54, 1.807) is 0 Å². The summed E-state index contributed by atoms with van der Waals surface area (Å²) in [6, 6.07) is 0. The maximum Gasteiger partial charge on any atom is 3.00 e. The van der Waals surface area contributed by atoms with Gasteiger partial charge in [0.25, 0.3) is 0 Å². The number of hydrogen-bond donors (Lipinski definition) is 0. The van der Waals surface area contributed by atoms with E-state index in [0.717, 1.165) is 10.7 Å². The zero-order chi connectivity index (χ0) is 8.95. The molecule has 0 unspecified atom stereocenters. The minimum atomic E-state index is 0. The smallest absolute Gasteiger partial charge is 1.00 e. The van der Waals surface area contributed by atoms with Crippen molar-refractivity contribution in [2.45, 2.75) is 0 Å². The zero-order valence-electron chi connectivity index (χ0n) is 6.20. The molecule has 8 heteroatoms. The summed E-state index contributed by atoms with van der Waals surface area (Å²) in [6.07, 6.45) is 10.0. The fourth-order valence-corrected chi connectivity index (χ4v) is 0.321. The monoisotopic (exact) mass is 244 g/mol. The van der Waals surface area contributed by atoms with Crippen molar-refractivity contribution in [2.75, 3.05) is 0 Å². The van der Waals surface area contributed by atoms with Gasteiger partial charge in [0.1, 0.15) is 0 Å². The molecule has 0 aromatic heterocycles. The van der Waals surface area contributed by atoms with E-state index < -0.39 is 0 Å². The van der Waals surface area contributed by atoms with E-state index in [9.17, 15) is 0 Å². The Kier molecular flexibility index (Phi) is 52.8. The minimum Gasteiger partial charge on any atom is -1.00 e. The maximum atomic E-state index is 8.00. The second-order valence-electron chi connectivity index (χ2n) is 1.11. The van der Waals surface area contributed by atoms with E-state index in [-0.39, 0.29) is 29.8 Å². The third kappa shape index (κ3) is 50.4. The molecule has 0 aromatic rings. The topological polar surface area (TPSA) is 105 Å². The first-order valence-corrected chi connectivity index (χ1v) is 2.40. The molecule has 0 N–H and O–H groups in total. The number of nitrogens with zero attached hydrogens (tertiary/aromatic N) is 2. The Hall–Kier alpha value is -0.378. The van der Waals surface area contributed by atoms with Crippen molar-refractivity contribution >= 4 is 0 Å². The molecule has 1 saturated carbocycles. The summed E-state index contributed by atoms with van der Waals surface area (Å²) in [5.41, 5.74) is 0. The quantitative estimate of drug-likeness (QED) is 0.383. The summed E-state index contributed by atoms with van der Waals surface area (Å²) >= 11 is 0. The Bertz CT molecular complexity index is 81.0. The summed E-state index contributed by atoms with van der Waals surface area (Å²) in [6.45, 7) is 0. The molecule has 0 heterocycles. The molecule has 1 rings (SSSR count). The van der Waals surface area contributed by atoms with E-state index in [2.05, 4.69) is 0 Å². The van der Waals surface area contributed by atoms with Gasteiger partial charge in [-0.3, -0.25) is 0 Å². The Balaban J connectivity index is -0.0000000461. The molecule has 6 nitrogen and oxygen atoms in total. The number of hydrogen-bond acceptors (Lipinski definition) is 6. The SMILES string of the molecule is O=N[O-].O=N[O-].[CH]1[CH][CH][CH][CH]1.[Cl-].[Cr+3]. The molecule has 0 atom stereocenters. The van der Waals surface area contributed by atoms with Crippen LogP contribution in [-0.4, -0.2) is 0 Å². The van der Waals surface area contributed by atoms with E-state index in [4.69, 9.17) is 20.2 Å². The van der Waals surface area contributed by atoms with Crippen LogP contribution in [0.5, 0.6) is 0 Å². The molecule has 72 valence electrons. The third-order valence-electron chi connectivity index (χ3n) is 0.556. The molecule has 0 aromatic carbocycles. The first kappa shape index (κ1) is 22.9. The van der Waals surface area contributed by atoms with Gasteiger partial charge in [-0.25, -0.2) is 0 Å². The van der Waals surface area contributed by atoms with Gasteiger partial charge in [0.05, 0.1) is 0 Å². The molecule has 1 aliphatic rings. The predicted octanol–water partition coefficient (Wildman–Crippen LogP) is -1.48. The van der Waals surface area contributed by atoms with Crippen LogP contribution in [0.25, 0.3) is 0 Å². The van der Waals surface area contributed by atoms with Gasteiger partial charge in [-0.1, -0.05) is 0 Å². The van der Waals surface area contributed by atoms with Crippen LogP contribution >= 0.6 is 0 Å². The summed E-state index contributed by atoms with van der Waals surface area (Å²) in [5, 5.41) is 18.0. The molecule has 0 saturated heterocycles. The predicted molar refractivity (Wildman–Crippen MR) is 39.8 cm³/mol. The van der Waals surface area contributed by atoms with E-state index in [1.165, 1.54) is 0 Å². The maximum absolute atomic E-state index is 8.00. The van der Waals surface area contributed by atoms with Gasteiger partial charge in [0.15, 0.2) is 0 Å². The van der Waals surface area contributed by atoms with Crippen molar-refractivity contribution in [3.8, 4) is 0 Å². The summed E-state index contributed by atoms with van der Waals surface area (Å²) in [4.78, 5) is 16.0. The van der Waals surface area contributed by atoms with Gasteiger partial charge < -0.3 is 32.6 Å². The fraction of sp³-hybridized carbons (Fsp3) is 0. The van der Waals surface area contributed by atoms with Crippen molar-refractivity contribution in [1.29, 1.82) is 0 Å². The van der Waals surface area contributed by atoms with Crippen molar-refractivity contribution in [2.24, 2.45) is 10.7 Å². The average molecular weight is 245 g/mol. The first-order chi connectivity index (χ1) is 5.33. The van der Waals surface area contributed by atoms with Crippen LogP contribution in [0.15, 0.2) is 10.7 Å². The van der Waals surface area contributed by atoms with Gasteiger partial charge >= 0.3 is 17.4 Å². The molecule has 0 spiro atoms. The zero-order valence-corrected chi connectivity index (χ0v) is 8.23. The van der Waals surface area contributed by atoms with E-state index in [1.807, 2.05) is 32.1 Å². The van der Waals surface area contributed by atoms with Crippen LogP contribution in [0.2, 0.25) is 0 Å². The Morgan fingerprint density at radius 2 is 0.846 bits per heavy atom. The van der Waals surface area contributed by atoms with Crippen LogP contribution in [-0.2, 0) is 17.4 Å². The summed E-state index contributed by atoms with van der Waals surface area (Å²) in [7, 11) is 0. The van der Waals surface area contributed by atoms with Crippen molar-refractivity contribution in [3.05, 3.63) is 52.3 Å². The summed E-state index contributed by atoms with van der Waals surface area (Å²) < 4.78 is 0. The average Bonchev–Trinajstić information content (AvgIpc) is 2.44. The minimum absolute atomic E-state index is 0. The largest absolute Gasteiger partial charge is 3.00 e. The van der Waals surface area contributed by atoms with E-state index >= 15 is 0 Å². The third-order valence-corrected chi connectivity index (χ3v) is 0.556. The van der Waals surface area contributed by atoms with Gasteiger partial charge in [0, 0.05) is 0 Å². The second-order valence-corrected chi connectivity index (χ2v) is 1.11. The first-order valence-electron chi connectivity index (χ1n) is 2.40. The van der Waals surface area contributed by atoms with Crippen LogP contribution in [0.1, 0.15) is 0 Å². The molecule has 6 radical (unpaired) electrons. The van der Waals surface area contributed by atoms with Crippen molar-refractivity contribution in [3.63, 3.8) is 0 Å². The molecule has 1 fully saturated rings. The molecule has 0 bridgehead atoms. The molecular weight excluding hydrogens is 240 g/mol. The van der Waals surface area contributed by atoms with Crippen LogP contribution < -0.4 is 12.4 Å². The second kappa shape index (κ2) is 29.9. The normalized spacial score (nSPS) is 11.1. The molecule has 1 aliphatic carbocycles. The van der Waals surface area contributed by atoms with Gasteiger partial charge in [-0.05, 0) is 32.1 Å². The summed E-state index contributed by atoms with van der Waals surface area (Å²) in [5.74, 6) is 0. The Morgan fingerprint density at radius 1 is 0.769 bits per heavy atom. The van der Waals surface area contributed by atoms with E-state index in [0.29, 0.717) is 0 Å². The molecule has 0 aliphatic heterocycles. The fourth-order valence-electron chi connectivity index (χ4n) is 0.321.